The smallest absolute Gasteiger partial charge is 0.126 e. The summed E-state index contributed by atoms with van der Waals surface area (Å²) >= 11 is 0. The Morgan fingerprint density at radius 3 is 3.08 bits per heavy atom. The van der Waals surface area contributed by atoms with E-state index in [9.17, 15) is 5.11 Å². The first-order valence-corrected chi connectivity index (χ1v) is 4.78. The molecule has 2 heteroatoms. The van der Waals surface area contributed by atoms with Crippen LogP contribution in [0.25, 0.3) is 6.08 Å². The predicted octanol–water partition coefficient (Wildman–Crippen LogP) is 2.60. The van der Waals surface area contributed by atoms with Crippen molar-refractivity contribution in [3.05, 3.63) is 29.7 Å². The van der Waals surface area contributed by atoms with Gasteiger partial charge in [-0.15, -0.1) is 0 Å². The van der Waals surface area contributed by atoms with Gasteiger partial charge < -0.3 is 9.52 Å². The van der Waals surface area contributed by atoms with Gasteiger partial charge in [0.15, 0.2) is 0 Å². The molecule has 1 atom stereocenters. The Balaban J connectivity index is 2.14. The molecule has 1 heterocycles. The van der Waals surface area contributed by atoms with E-state index in [2.05, 4.69) is 0 Å². The Hall–Kier alpha value is -1.02. The maximum atomic E-state index is 9.66. The van der Waals surface area contributed by atoms with Crippen molar-refractivity contribution in [2.45, 2.75) is 31.8 Å². The van der Waals surface area contributed by atoms with Crippen LogP contribution in [-0.4, -0.2) is 11.2 Å². The number of hydrogen-bond donors (Lipinski definition) is 1. The summed E-state index contributed by atoms with van der Waals surface area (Å²) in [6.45, 7) is 0. The average Bonchev–Trinajstić information content (AvgIpc) is 2.61. The van der Waals surface area contributed by atoms with E-state index in [1.54, 1.807) is 6.26 Å². The van der Waals surface area contributed by atoms with Gasteiger partial charge in [0, 0.05) is 0 Å². The first-order valence-electron chi connectivity index (χ1n) is 4.78. The second-order valence-corrected chi connectivity index (χ2v) is 3.50. The van der Waals surface area contributed by atoms with E-state index in [1.807, 2.05) is 18.2 Å². The number of aliphatic hydroxyl groups is 1. The van der Waals surface area contributed by atoms with Crippen LogP contribution >= 0.6 is 0 Å². The van der Waals surface area contributed by atoms with Crippen LogP contribution in [0.3, 0.4) is 0 Å². The van der Waals surface area contributed by atoms with E-state index < -0.39 is 0 Å². The zero-order valence-corrected chi connectivity index (χ0v) is 7.57. The molecule has 13 heavy (non-hydrogen) atoms. The van der Waals surface area contributed by atoms with Crippen LogP contribution in [-0.2, 0) is 0 Å². The molecule has 0 spiro atoms. The van der Waals surface area contributed by atoms with E-state index in [4.69, 9.17) is 4.42 Å². The van der Waals surface area contributed by atoms with Crippen LogP contribution in [0.4, 0.5) is 0 Å². The molecule has 1 aromatic heterocycles. The molecule has 0 aliphatic heterocycles. The highest BCUT2D eigenvalue weighted by molar-refractivity contribution is 5.48. The predicted molar refractivity (Wildman–Crippen MR) is 51.2 cm³/mol. The number of aliphatic hydroxyl groups excluding tert-OH is 1. The lowest BCUT2D eigenvalue weighted by atomic mass is 9.91. The average molecular weight is 178 g/mol. The van der Waals surface area contributed by atoms with Gasteiger partial charge in [0.25, 0.3) is 0 Å². The molecule has 0 amide bonds. The van der Waals surface area contributed by atoms with Gasteiger partial charge in [0.2, 0.25) is 0 Å². The van der Waals surface area contributed by atoms with Crippen molar-refractivity contribution in [2.24, 2.45) is 0 Å². The van der Waals surface area contributed by atoms with Gasteiger partial charge in [0.05, 0.1) is 12.4 Å². The lowest BCUT2D eigenvalue weighted by Crippen LogP contribution is -2.14. The van der Waals surface area contributed by atoms with Gasteiger partial charge in [0.1, 0.15) is 5.76 Å². The molecule has 2 rings (SSSR count). The van der Waals surface area contributed by atoms with Crippen molar-refractivity contribution in [2.75, 3.05) is 0 Å². The standard InChI is InChI=1S/C11H14O2/c12-11-6-2-1-4-9(11)8-10-5-3-7-13-10/h3,5,7-8,11-12H,1-2,4,6H2/b9-8+/t11-/m1/s1. The fraction of sp³-hybridized carbons (Fsp3) is 0.455. The van der Waals surface area contributed by atoms with E-state index in [0.717, 1.165) is 30.6 Å². The second kappa shape index (κ2) is 3.79. The van der Waals surface area contributed by atoms with Gasteiger partial charge in [-0.3, -0.25) is 0 Å². The van der Waals surface area contributed by atoms with Crippen LogP contribution in [0.5, 0.6) is 0 Å². The lowest BCUT2D eigenvalue weighted by Gasteiger charge is -2.19. The molecular formula is C11H14O2. The van der Waals surface area contributed by atoms with E-state index in [1.165, 1.54) is 6.42 Å². The minimum absolute atomic E-state index is 0.251. The first kappa shape index (κ1) is 8.57. The molecular weight excluding hydrogens is 164 g/mol. The minimum Gasteiger partial charge on any atom is -0.465 e. The van der Waals surface area contributed by atoms with Gasteiger partial charge in [-0.2, -0.15) is 0 Å². The molecule has 1 fully saturated rings. The van der Waals surface area contributed by atoms with Crippen LogP contribution < -0.4 is 0 Å². The maximum Gasteiger partial charge on any atom is 0.126 e. The third kappa shape index (κ3) is 2.01. The summed E-state index contributed by atoms with van der Waals surface area (Å²) in [5.74, 6) is 0.843. The van der Waals surface area contributed by atoms with Gasteiger partial charge in [-0.25, -0.2) is 0 Å². The number of rotatable bonds is 1. The third-order valence-corrected chi connectivity index (χ3v) is 2.49. The first-order chi connectivity index (χ1) is 6.36. The molecule has 1 saturated carbocycles. The Labute approximate surface area is 77.9 Å². The van der Waals surface area contributed by atoms with Crippen molar-refractivity contribution in [1.82, 2.24) is 0 Å². The zero-order valence-electron chi connectivity index (χ0n) is 7.57. The molecule has 1 aliphatic carbocycles. The quantitative estimate of drug-likeness (QED) is 0.717. The zero-order chi connectivity index (χ0) is 9.10. The SMILES string of the molecule is O[C@@H]1CCCC/C1=C\c1ccco1. The lowest BCUT2D eigenvalue weighted by molar-refractivity contribution is 0.179. The molecule has 70 valence electrons. The van der Waals surface area contributed by atoms with E-state index >= 15 is 0 Å². The maximum absolute atomic E-state index is 9.66. The number of furan rings is 1. The van der Waals surface area contributed by atoms with Crippen molar-refractivity contribution >= 4 is 6.08 Å². The van der Waals surface area contributed by atoms with Gasteiger partial charge in [-0.1, -0.05) is 6.42 Å². The highest BCUT2D eigenvalue weighted by atomic mass is 16.3. The van der Waals surface area contributed by atoms with Crippen molar-refractivity contribution in [3.63, 3.8) is 0 Å². The van der Waals surface area contributed by atoms with Crippen LogP contribution in [0, 0.1) is 0 Å². The molecule has 1 N–H and O–H groups in total. The Bertz CT molecular complexity index is 285. The Morgan fingerprint density at radius 2 is 2.38 bits per heavy atom. The fourth-order valence-corrected chi connectivity index (χ4v) is 1.74. The van der Waals surface area contributed by atoms with Crippen LogP contribution in [0.1, 0.15) is 31.4 Å². The summed E-state index contributed by atoms with van der Waals surface area (Å²) in [7, 11) is 0. The summed E-state index contributed by atoms with van der Waals surface area (Å²) in [4.78, 5) is 0. The Kier molecular flexibility index (Phi) is 2.50. The fourth-order valence-electron chi connectivity index (χ4n) is 1.74. The molecule has 0 radical (unpaired) electrons. The summed E-state index contributed by atoms with van der Waals surface area (Å²) in [6.07, 6.45) is 7.58. The van der Waals surface area contributed by atoms with E-state index in [-0.39, 0.29) is 6.10 Å². The summed E-state index contributed by atoms with van der Waals surface area (Å²) in [5, 5.41) is 9.66. The highest BCUT2D eigenvalue weighted by Gasteiger charge is 2.15. The topological polar surface area (TPSA) is 33.4 Å². The van der Waals surface area contributed by atoms with Crippen LogP contribution in [0.2, 0.25) is 0 Å². The van der Waals surface area contributed by atoms with Crippen molar-refractivity contribution < 1.29 is 9.52 Å². The molecule has 0 unspecified atom stereocenters. The summed E-state index contributed by atoms with van der Waals surface area (Å²) in [5.41, 5.74) is 1.11. The minimum atomic E-state index is -0.251. The Morgan fingerprint density at radius 1 is 1.46 bits per heavy atom. The van der Waals surface area contributed by atoms with Gasteiger partial charge >= 0.3 is 0 Å². The summed E-state index contributed by atoms with van der Waals surface area (Å²) < 4.78 is 5.20. The molecule has 0 aromatic carbocycles. The number of hydrogen-bond acceptors (Lipinski definition) is 2. The van der Waals surface area contributed by atoms with Crippen molar-refractivity contribution in [3.8, 4) is 0 Å². The molecule has 2 nitrogen and oxygen atoms in total. The third-order valence-electron chi connectivity index (χ3n) is 2.49. The molecule has 1 aromatic rings. The van der Waals surface area contributed by atoms with Crippen molar-refractivity contribution in [1.29, 1.82) is 0 Å². The second-order valence-electron chi connectivity index (χ2n) is 3.50. The normalized spacial score (nSPS) is 26.5. The molecule has 0 saturated heterocycles. The monoisotopic (exact) mass is 178 g/mol. The van der Waals surface area contributed by atoms with E-state index in [0.29, 0.717) is 0 Å². The van der Waals surface area contributed by atoms with Crippen LogP contribution in [0.15, 0.2) is 28.4 Å². The highest BCUT2D eigenvalue weighted by Crippen LogP contribution is 2.25. The van der Waals surface area contributed by atoms with Gasteiger partial charge in [-0.05, 0) is 43.0 Å². The molecule has 1 aliphatic rings. The molecule has 0 bridgehead atoms. The largest absolute Gasteiger partial charge is 0.465 e. The summed E-state index contributed by atoms with van der Waals surface area (Å²) in [6, 6.07) is 3.77.